The van der Waals surface area contributed by atoms with E-state index >= 15 is 0 Å². The first-order valence-corrected chi connectivity index (χ1v) is 15.9. The molecule has 0 rings (SSSR count). The van der Waals surface area contributed by atoms with E-state index in [0.29, 0.717) is 6.79 Å². The van der Waals surface area contributed by atoms with E-state index in [1.54, 1.807) is 6.26 Å². The van der Waals surface area contributed by atoms with Crippen LogP contribution in [0.3, 0.4) is 0 Å². The lowest BCUT2D eigenvalue weighted by molar-refractivity contribution is -0.148. The predicted molar refractivity (Wildman–Crippen MR) is 155 cm³/mol. The average molecular weight is 513 g/mol. The van der Waals surface area contributed by atoms with Crippen LogP contribution >= 0.6 is 0 Å². The van der Waals surface area contributed by atoms with Crippen molar-refractivity contribution in [2.75, 3.05) is 26.6 Å². The Morgan fingerprint density at radius 1 is 0.500 bits per heavy atom. The molecule has 0 N–H and O–H groups in total. The van der Waals surface area contributed by atoms with Gasteiger partial charge in [0.2, 0.25) is 0 Å². The molecule has 0 heterocycles. The van der Waals surface area contributed by atoms with Crippen LogP contribution in [-0.4, -0.2) is 32.9 Å². The van der Waals surface area contributed by atoms with Gasteiger partial charge in [0, 0.05) is 13.2 Å². The van der Waals surface area contributed by atoms with Crippen molar-refractivity contribution in [3.05, 3.63) is 12.3 Å². The molecule has 0 aliphatic rings. The quantitative estimate of drug-likeness (QED) is 0.0526. The summed E-state index contributed by atoms with van der Waals surface area (Å²) < 4.78 is 23.0. The maximum Gasteiger partial charge on any atom is 0.188 e. The summed E-state index contributed by atoms with van der Waals surface area (Å²) in [4.78, 5) is 0. The molecule has 0 fully saturated rings. The fraction of sp³-hybridized carbons (Fsp3) is 0.938. The summed E-state index contributed by atoms with van der Waals surface area (Å²) in [5.74, 6) is 0. The topological polar surface area (TPSA) is 36.9 Å². The highest BCUT2D eigenvalue weighted by atomic mass is 16.7. The zero-order valence-electron chi connectivity index (χ0n) is 24.7. The monoisotopic (exact) mass is 512 g/mol. The molecule has 0 bridgehead atoms. The van der Waals surface area contributed by atoms with E-state index in [-0.39, 0.29) is 6.29 Å². The Hall–Kier alpha value is -0.580. The summed E-state index contributed by atoms with van der Waals surface area (Å²) in [6.45, 7) is 9.63. The molecule has 216 valence electrons. The maximum atomic E-state index is 6.09. The number of hydrogen-bond acceptors (Lipinski definition) is 4. The van der Waals surface area contributed by atoms with Crippen molar-refractivity contribution in [1.82, 2.24) is 0 Å². The van der Waals surface area contributed by atoms with Gasteiger partial charge in [0.25, 0.3) is 0 Å². The molecule has 4 nitrogen and oxygen atoms in total. The van der Waals surface area contributed by atoms with Crippen molar-refractivity contribution in [2.24, 2.45) is 0 Å². The fourth-order valence-corrected chi connectivity index (χ4v) is 4.25. The second kappa shape index (κ2) is 32.4. The molecule has 0 saturated heterocycles. The minimum Gasteiger partial charge on any atom is -0.475 e. The van der Waals surface area contributed by atoms with Gasteiger partial charge in [0.15, 0.2) is 13.1 Å². The predicted octanol–water partition coefficient (Wildman–Crippen LogP) is 10.5. The van der Waals surface area contributed by atoms with Gasteiger partial charge >= 0.3 is 0 Å². The molecule has 36 heavy (non-hydrogen) atoms. The standard InChI is InChI=1S/C32H64O4/c1-4-7-10-24-29-35-32(36-30-25-11-8-5-2)26-21-19-17-15-13-12-14-16-18-20-23-28-34-31-33-27-22-9-6-3/h23,28,32H,4-22,24-27,29-31H2,1-3H3. The lowest BCUT2D eigenvalue weighted by Gasteiger charge is -2.19. The van der Waals surface area contributed by atoms with Crippen molar-refractivity contribution in [2.45, 2.75) is 168 Å². The Morgan fingerprint density at radius 3 is 1.56 bits per heavy atom. The summed E-state index contributed by atoms with van der Waals surface area (Å²) in [5.41, 5.74) is 0. The Morgan fingerprint density at radius 2 is 0.972 bits per heavy atom. The highest BCUT2D eigenvalue weighted by Gasteiger charge is 2.09. The highest BCUT2D eigenvalue weighted by molar-refractivity contribution is 4.72. The van der Waals surface area contributed by atoms with Crippen LogP contribution in [0.15, 0.2) is 12.3 Å². The SMILES string of the molecule is CCCCCCOC(CCCCCCCCCCCC=COCOCCCCC)OCCCCCC. The van der Waals surface area contributed by atoms with E-state index in [4.69, 9.17) is 18.9 Å². The Bertz CT molecular complexity index is 399. The van der Waals surface area contributed by atoms with Gasteiger partial charge in [-0.1, -0.05) is 117 Å². The van der Waals surface area contributed by atoms with Crippen LogP contribution in [-0.2, 0) is 18.9 Å². The van der Waals surface area contributed by atoms with Crippen LogP contribution in [0.2, 0.25) is 0 Å². The molecule has 0 spiro atoms. The Balaban J connectivity index is 3.55. The lowest BCUT2D eigenvalue weighted by Crippen LogP contribution is -2.19. The van der Waals surface area contributed by atoms with Gasteiger partial charge in [-0.3, -0.25) is 0 Å². The molecule has 0 radical (unpaired) electrons. The van der Waals surface area contributed by atoms with Gasteiger partial charge in [0.1, 0.15) is 0 Å². The van der Waals surface area contributed by atoms with Crippen LogP contribution in [0.4, 0.5) is 0 Å². The molecule has 0 saturated carbocycles. The van der Waals surface area contributed by atoms with Crippen molar-refractivity contribution < 1.29 is 18.9 Å². The third-order valence-corrected chi connectivity index (χ3v) is 6.65. The van der Waals surface area contributed by atoms with E-state index in [0.717, 1.165) is 39.1 Å². The van der Waals surface area contributed by atoms with Gasteiger partial charge in [-0.2, -0.15) is 0 Å². The number of ether oxygens (including phenoxy) is 4. The van der Waals surface area contributed by atoms with E-state index in [1.165, 1.54) is 122 Å². The minimum absolute atomic E-state index is 0.0195. The Labute approximate surface area is 226 Å². The van der Waals surface area contributed by atoms with E-state index in [2.05, 4.69) is 26.8 Å². The van der Waals surface area contributed by atoms with Crippen molar-refractivity contribution >= 4 is 0 Å². The van der Waals surface area contributed by atoms with Crippen LogP contribution in [0.5, 0.6) is 0 Å². The first-order valence-electron chi connectivity index (χ1n) is 15.9. The van der Waals surface area contributed by atoms with Gasteiger partial charge in [-0.15, -0.1) is 0 Å². The first kappa shape index (κ1) is 35.4. The summed E-state index contributed by atoms with van der Waals surface area (Å²) in [7, 11) is 0. The van der Waals surface area contributed by atoms with E-state index in [1.807, 2.05) is 0 Å². The van der Waals surface area contributed by atoms with Crippen LogP contribution in [0, 0.1) is 0 Å². The third kappa shape index (κ3) is 29.6. The lowest BCUT2D eigenvalue weighted by atomic mass is 10.1. The zero-order chi connectivity index (χ0) is 26.2. The molecule has 0 aromatic heterocycles. The second-order valence-electron chi connectivity index (χ2n) is 10.3. The number of unbranched alkanes of at least 4 members (excludes halogenated alkanes) is 17. The average Bonchev–Trinajstić information content (AvgIpc) is 2.89. The van der Waals surface area contributed by atoms with Crippen LogP contribution in [0.1, 0.15) is 162 Å². The normalized spacial score (nSPS) is 11.8. The molecule has 0 aromatic carbocycles. The Kier molecular flexibility index (Phi) is 31.9. The third-order valence-electron chi connectivity index (χ3n) is 6.65. The van der Waals surface area contributed by atoms with Crippen LogP contribution in [0.25, 0.3) is 0 Å². The van der Waals surface area contributed by atoms with Gasteiger partial charge in [0.05, 0.1) is 12.9 Å². The van der Waals surface area contributed by atoms with Crippen molar-refractivity contribution in [1.29, 1.82) is 0 Å². The first-order chi connectivity index (χ1) is 17.8. The summed E-state index contributed by atoms with van der Waals surface area (Å²) >= 11 is 0. The maximum absolute atomic E-state index is 6.09. The second-order valence-corrected chi connectivity index (χ2v) is 10.3. The van der Waals surface area contributed by atoms with E-state index in [9.17, 15) is 0 Å². The summed E-state index contributed by atoms with van der Waals surface area (Å²) in [6, 6.07) is 0. The summed E-state index contributed by atoms with van der Waals surface area (Å²) in [6.07, 6.45) is 31.7. The molecule has 0 unspecified atom stereocenters. The minimum atomic E-state index is 0.0195. The van der Waals surface area contributed by atoms with E-state index < -0.39 is 0 Å². The number of rotatable bonds is 31. The van der Waals surface area contributed by atoms with Gasteiger partial charge in [-0.25, -0.2) is 0 Å². The van der Waals surface area contributed by atoms with Gasteiger partial charge < -0.3 is 18.9 Å². The molecule has 0 aliphatic carbocycles. The highest BCUT2D eigenvalue weighted by Crippen LogP contribution is 2.15. The molecule has 0 amide bonds. The molecule has 0 atom stereocenters. The molecular weight excluding hydrogens is 448 g/mol. The largest absolute Gasteiger partial charge is 0.475 e. The van der Waals surface area contributed by atoms with Crippen molar-refractivity contribution in [3.8, 4) is 0 Å². The fourth-order valence-electron chi connectivity index (χ4n) is 4.25. The molecule has 0 aromatic rings. The molecule has 0 aliphatic heterocycles. The van der Waals surface area contributed by atoms with Gasteiger partial charge in [-0.05, 0) is 51.0 Å². The smallest absolute Gasteiger partial charge is 0.188 e. The number of allylic oxidation sites excluding steroid dienone is 1. The molecule has 4 heteroatoms. The van der Waals surface area contributed by atoms with Crippen molar-refractivity contribution in [3.63, 3.8) is 0 Å². The molecular formula is C32H64O4. The zero-order valence-corrected chi connectivity index (χ0v) is 24.7. The van der Waals surface area contributed by atoms with Crippen LogP contribution < -0.4 is 0 Å². The number of hydrogen-bond donors (Lipinski definition) is 0. The summed E-state index contributed by atoms with van der Waals surface area (Å²) in [5, 5.41) is 0.